The van der Waals surface area contributed by atoms with Crippen molar-refractivity contribution >= 4 is 11.5 Å². The van der Waals surface area contributed by atoms with Gasteiger partial charge in [0.05, 0.1) is 23.4 Å². The number of anilines is 2. The van der Waals surface area contributed by atoms with E-state index in [1.165, 1.54) is 0 Å². The van der Waals surface area contributed by atoms with E-state index in [9.17, 15) is 14.8 Å². The molecule has 2 aromatic rings. The lowest BCUT2D eigenvalue weighted by atomic mass is 9.69. The Morgan fingerprint density at radius 2 is 2.12 bits per heavy atom. The first-order chi connectivity index (χ1) is 19.8. The minimum atomic E-state index is -0.827. The Hall–Kier alpha value is -3.00. The number of halogens is 1. The minimum Gasteiger partial charge on any atom is -0.461 e. The zero-order valence-electron chi connectivity index (χ0n) is 23.7. The van der Waals surface area contributed by atoms with Crippen LogP contribution in [0.2, 0.25) is 0 Å². The third-order valence-electron chi connectivity index (χ3n) is 10.4. The number of aliphatic hydroxyl groups excluding tert-OH is 1. The standard InChI is InChI=1S/C31H39FN6O3/c1-19-5-8-31(27-22(19)3-4-25(34)23(27)13-33)12-26-24(17-41-31)28(37-10-6-20(14-37)16-39)36-29(35-26)40-18-30-7-2-9-38(30)15-21(32)11-30/h3-4,19-21,39H,2,5-12,14-18,34H2,1H3. The predicted octanol–water partition coefficient (Wildman–Crippen LogP) is 3.57. The molecule has 9 nitrogen and oxygen atoms in total. The highest BCUT2D eigenvalue weighted by Gasteiger charge is 2.50. The summed E-state index contributed by atoms with van der Waals surface area (Å²) in [6, 6.07) is 6.55. The molecule has 5 heterocycles. The normalized spacial score (nSPS) is 32.5. The zero-order valence-corrected chi connectivity index (χ0v) is 23.7. The number of ether oxygens (including phenoxy) is 2. The van der Waals surface area contributed by atoms with Gasteiger partial charge in [0.15, 0.2) is 0 Å². The van der Waals surface area contributed by atoms with Gasteiger partial charge in [0.2, 0.25) is 0 Å². The van der Waals surface area contributed by atoms with E-state index in [1.54, 1.807) is 0 Å². The minimum absolute atomic E-state index is 0.142. The molecule has 1 aliphatic carbocycles. The summed E-state index contributed by atoms with van der Waals surface area (Å²) >= 11 is 0. The number of nitrogens with zero attached hydrogens (tertiary/aromatic N) is 5. The number of nitrogen functional groups attached to an aromatic ring is 1. The van der Waals surface area contributed by atoms with Crippen LogP contribution in [0.15, 0.2) is 12.1 Å². The fraction of sp³-hybridized carbons (Fsp3) is 0.645. The summed E-state index contributed by atoms with van der Waals surface area (Å²) in [4.78, 5) is 14.3. The molecule has 0 radical (unpaired) electrons. The molecule has 0 saturated carbocycles. The van der Waals surface area contributed by atoms with Crippen LogP contribution in [-0.4, -0.2) is 71.1 Å². The highest BCUT2D eigenvalue weighted by molar-refractivity contribution is 5.64. The molecule has 1 aromatic carbocycles. The summed E-state index contributed by atoms with van der Waals surface area (Å²) in [5.74, 6) is 1.29. The lowest BCUT2D eigenvalue weighted by Crippen LogP contribution is -2.44. The number of fused-ring (bicyclic) bond motifs is 4. The average molecular weight is 563 g/mol. The highest BCUT2D eigenvalue weighted by atomic mass is 19.1. The van der Waals surface area contributed by atoms with Crippen LogP contribution in [0.4, 0.5) is 15.9 Å². The van der Waals surface area contributed by atoms with E-state index in [0.717, 1.165) is 73.4 Å². The Labute approximate surface area is 240 Å². The summed E-state index contributed by atoms with van der Waals surface area (Å²) in [5.41, 5.74) is 10.1. The third kappa shape index (κ3) is 4.36. The van der Waals surface area contributed by atoms with E-state index in [4.69, 9.17) is 25.2 Å². The van der Waals surface area contributed by atoms with Crippen molar-refractivity contribution in [1.82, 2.24) is 14.9 Å². The topological polar surface area (TPSA) is 121 Å². The van der Waals surface area contributed by atoms with Gasteiger partial charge in [0.25, 0.3) is 0 Å². The number of aromatic nitrogens is 2. The van der Waals surface area contributed by atoms with Gasteiger partial charge in [-0.2, -0.15) is 15.2 Å². The molecule has 0 amide bonds. The smallest absolute Gasteiger partial charge is 0.318 e. The SMILES string of the molecule is CC1CCC2(Cc3nc(OCC45CCCN4CC(F)C5)nc(N4CCC(CO)C4)c3CO2)c2c1ccc(N)c2C#N. The molecule has 3 saturated heterocycles. The number of benzene rings is 1. The van der Waals surface area contributed by atoms with Crippen molar-refractivity contribution in [1.29, 1.82) is 5.26 Å². The Bertz CT molecular complexity index is 1400. The fourth-order valence-corrected chi connectivity index (χ4v) is 8.18. The molecule has 4 aliphatic heterocycles. The van der Waals surface area contributed by atoms with E-state index < -0.39 is 11.8 Å². The van der Waals surface area contributed by atoms with Gasteiger partial charge in [-0.05, 0) is 56.2 Å². The second-order valence-corrected chi connectivity index (χ2v) is 12.9. The number of nitrogens with two attached hydrogens (primary N) is 1. The molecule has 5 atom stereocenters. The van der Waals surface area contributed by atoms with Crippen molar-refractivity contribution in [3.8, 4) is 12.1 Å². The number of rotatable bonds is 5. The number of hydrogen-bond donors (Lipinski definition) is 2. The molecule has 3 fully saturated rings. The molecule has 218 valence electrons. The Morgan fingerprint density at radius 3 is 2.93 bits per heavy atom. The van der Waals surface area contributed by atoms with Gasteiger partial charge in [-0.15, -0.1) is 0 Å². The fourth-order valence-electron chi connectivity index (χ4n) is 8.18. The molecule has 7 rings (SSSR count). The number of alkyl halides is 1. The van der Waals surface area contributed by atoms with Crippen LogP contribution < -0.4 is 15.4 Å². The molecule has 5 unspecified atom stereocenters. The molecule has 0 bridgehead atoms. The van der Waals surface area contributed by atoms with E-state index >= 15 is 0 Å². The summed E-state index contributed by atoms with van der Waals surface area (Å²) in [6.45, 7) is 5.88. The van der Waals surface area contributed by atoms with Crippen molar-refractivity contribution in [3.63, 3.8) is 0 Å². The molecule has 1 spiro atoms. The monoisotopic (exact) mass is 562 g/mol. The Morgan fingerprint density at radius 1 is 1.24 bits per heavy atom. The van der Waals surface area contributed by atoms with Gasteiger partial charge in [0.1, 0.15) is 30.3 Å². The third-order valence-corrected chi connectivity index (χ3v) is 10.4. The van der Waals surface area contributed by atoms with E-state index in [0.29, 0.717) is 62.3 Å². The van der Waals surface area contributed by atoms with E-state index in [-0.39, 0.29) is 18.1 Å². The quantitative estimate of drug-likeness (QED) is 0.527. The van der Waals surface area contributed by atoms with E-state index in [2.05, 4.69) is 22.8 Å². The first kappa shape index (κ1) is 26.9. The zero-order chi connectivity index (χ0) is 28.4. The summed E-state index contributed by atoms with van der Waals surface area (Å²) < 4.78 is 27.5. The second-order valence-electron chi connectivity index (χ2n) is 12.9. The molecule has 10 heteroatoms. The van der Waals surface area contributed by atoms with E-state index in [1.807, 2.05) is 12.1 Å². The number of hydrogen-bond acceptors (Lipinski definition) is 9. The van der Waals surface area contributed by atoms with Crippen molar-refractivity contribution in [3.05, 3.63) is 40.1 Å². The lowest BCUT2D eigenvalue weighted by molar-refractivity contribution is -0.0873. The number of aliphatic hydroxyl groups is 1. The van der Waals surface area contributed by atoms with Crippen LogP contribution >= 0.6 is 0 Å². The maximum Gasteiger partial charge on any atom is 0.318 e. The summed E-state index contributed by atoms with van der Waals surface area (Å²) in [7, 11) is 0. The molecule has 41 heavy (non-hydrogen) atoms. The molecule has 3 N–H and O–H groups in total. The van der Waals surface area contributed by atoms with Crippen LogP contribution in [0.1, 0.15) is 79.3 Å². The van der Waals surface area contributed by atoms with Crippen molar-refractivity contribution in [2.45, 2.75) is 81.7 Å². The van der Waals surface area contributed by atoms with Gasteiger partial charge in [-0.25, -0.2) is 4.39 Å². The predicted molar refractivity (Wildman–Crippen MR) is 151 cm³/mol. The first-order valence-electron chi connectivity index (χ1n) is 15.1. The molecular weight excluding hydrogens is 523 g/mol. The van der Waals surface area contributed by atoms with Gasteiger partial charge < -0.3 is 25.2 Å². The van der Waals surface area contributed by atoms with Crippen molar-refractivity contribution < 1.29 is 19.0 Å². The Balaban J connectivity index is 1.27. The van der Waals surface area contributed by atoms with Crippen LogP contribution in [-0.2, 0) is 23.4 Å². The van der Waals surface area contributed by atoms with Gasteiger partial charge in [-0.3, -0.25) is 4.90 Å². The number of nitriles is 1. The maximum atomic E-state index is 14.4. The van der Waals surface area contributed by atoms with Crippen LogP contribution in [0.25, 0.3) is 0 Å². The second kappa shape index (κ2) is 10.1. The Kier molecular flexibility index (Phi) is 6.60. The first-order valence-corrected chi connectivity index (χ1v) is 15.1. The average Bonchev–Trinajstić information content (AvgIpc) is 3.68. The molecule has 5 aliphatic rings. The van der Waals surface area contributed by atoms with Crippen LogP contribution in [0.3, 0.4) is 0 Å². The van der Waals surface area contributed by atoms with Crippen LogP contribution in [0.5, 0.6) is 6.01 Å². The maximum absolute atomic E-state index is 14.4. The molecular formula is C31H39FN6O3. The van der Waals surface area contributed by atoms with Crippen molar-refractivity contribution in [2.24, 2.45) is 5.92 Å². The highest BCUT2D eigenvalue weighted by Crippen LogP contribution is 2.51. The van der Waals surface area contributed by atoms with Gasteiger partial charge in [0, 0.05) is 61.8 Å². The largest absolute Gasteiger partial charge is 0.461 e. The lowest BCUT2D eigenvalue weighted by Gasteiger charge is -2.45. The summed E-state index contributed by atoms with van der Waals surface area (Å²) in [5, 5.41) is 19.9. The van der Waals surface area contributed by atoms with Crippen molar-refractivity contribution in [2.75, 3.05) is 50.0 Å². The van der Waals surface area contributed by atoms with Gasteiger partial charge in [-0.1, -0.05) is 13.0 Å². The summed E-state index contributed by atoms with van der Waals surface area (Å²) in [6.07, 6.45) is 4.71. The van der Waals surface area contributed by atoms with Gasteiger partial charge >= 0.3 is 6.01 Å². The molecule has 1 aromatic heterocycles. The van der Waals surface area contributed by atoms with Crippen LogP contribution in [0, 0.1) is 17.2 Å².